The second-order valence-corrected chi connectivity index (χ2v) is 5.04. The minimum Gasteiger partial charge on any atom is -0.397 e. The summed E-state index contributed by atoms with van der Waals surface area (Å²) in [6, 6.07) is 4.46. The zero-order chi connectivity index (χ0) is 11.7. The maximum atomic E-state index is 5.76. The van der Waals surface area contributed by atoms with Gasteiger partial charge in [0.1, 0.15) is 5.82 Å². The summed E-state index contributed by atoms with van der Waals surface area (Å²) in [4.78, 5) is 4.46. The molecule has 0 spiro atoms. The molecule has 3 unspecified atom stereocenters. The van der Waals surface area contributed by atoms with E-state index in [1.165, 1.54) is 12.8 Å². The summed E-state index contributed by atoms with van der Waals surface area (Å²) in [7, 11) is 0. The number of aromatic nitrogens is 1. The van der Waals surface area contributed by atoms with Crippen molar-refractivity contribution < 1.29 is 0 Å². The van der Waals surface area contributed by atoms with Gasteiger partial charge in [-0.05, 0) is 43.7 Å². The van der Waals surface area contributed by atoms with E-state index in [1.54, 1.807) is 0 Å². The molecule has 0 radical (unpaired) electrons. The van der Waals surface area contributed by atoms with Crippen molar-refractivity contribution >= 4 is 11.5 Å². The predicted octanol–water partition coefficient (Wildman–Crippen LogP) is 2.82. The molecular formula is C13H21N3. The third-order valence-corrected chi connectivity index (χ3v) is 3.93. The Morgan fingerprint density at radius 3 is 2.62 bits per heavy atom. The van der Waals surface area contributed by atoms with Gasteiger partial charge in [0.25, 0.3) is 0 Å². The summed E-state index contributed by atoms with van der Waals surface area (Å²) in [5.41, 5.74) is 7.42. The van der Waals surface area contributed by atoms with Crippen molar-refractivity contribution in [2.75, 3.05) is 11.1 Å². The number of nitrogen functional groups attached to an aromatic ring is 1. The second-order valence-electron chi connectivity index (χ2n) is 5.04. The fourth-order valence-electron chi connectivity index (χ4n) is 2.41. The van der Waals surface area contributed by atoms with Crippen LogP contribution in [0.3, 0.4) is 0 Å². The van der Waals surface area contributed by atoms with Crippen LogP contribution in [0.5, 0.6) is 0 Å². The maximum Gasteiger partial charge on any atom is 0.126 e. The van der Waals surface area contributed by atoms with Crippen LogP contribution in [0.2, 0.25) is 0 Å². The number of nitrogens with two attached hydrogens (primary N) is 1. The number of anilines is 2. The number of nitrogens with zero attached hydrogens (tertiary/aromatic N) is 1. The van der Waals surface area contributed by atoms with E-state index in [9.17, 15) is 0 Å². The van der Waals surface area contributed by atoms with Crippen LogP contribution in [0.15, 0.2) is 12.1 Å². The minimum absolute atomic E-state index is 0.561. The molecule has 3 N–H and O–H groups in total. The van der Waals surface area contributed by atoms with E-state index in [0.29, 0.717) is 6.04 Å². The van der Waals surface area contributed by atoms with Gasteiger partial charge >= 0.3 is 0 Å². The van der Waals surface area contributed by atoms with Crippen LogP contribution < -0.4 is 11.1 Å². The quantitative estimate of drug-likeness (QED) is 0.804. The Bertz CT molecular complexity index is 375. The summed E-state index contributed by atoms with van der Waals surface area (Å²) in [6.07, 6.45) is 2.56. The largest absolute Gasteiger partial charge is 0.397 e. The van der Waals surface area contributed by atoms with Gasteiger partial charge in [0, 0.05) is 6.04 Å². The molecule has 88 valence electrons. The molecule has 0 amide bonds. The zero-order valence-electron chi connectivity index (χ0n) is 10.3. The summed E-state index contributed by atoms with van der Waals surface area (Å²) < 4.78 is 0. The SMILES string of the molecule is Cc1nc(NC2CCC(C)C2C)ccc1N. The van der Waals surface area contributed by atoms with E-state index >= 15 is 0 Å². The molecule has 1 aliphatic carbocycles. The van der Waals surface area contributed by atoms with Crippen LogP contribution in [0.1, 0.15) is 32.4 Å². The first-order chi connectivity index (χ1) is 7.58. The highest BCUT2D eigenvalue weighted by Crippen LogP contribution is 2.33. The molecule has 16 heavy (non-hydrogen) atoms. The van der Waals surface area contributed by atoms with Crippen LogP contribution in [0.4, 0.5) is 11.5 Å². The standard InChI is InChI=1S/C13H21N3/c1-8-4-6-12(9(8)2)16-13-7-5-11(14)10(3)15-13/h5,7-9,12H,4,6,14H2,1-3H3,(H,15,16). The monoisotopic (exact) mass is 219 g/mol. The third-order valence-electron chi connectivity index (χ3n) is 3.93. The smallest absolute Gasteiger partial charge is 0.126 e. The van der Waals surface area contributed by atoms with Gasteiger partial charge in [-0.1, -0.05) is 13.8 Å². The van der Waals surface area contributed by atoms with Crippen molar-refractivity contribution in [3.63, 3.8) is 0 Å². The lowest BCUT2D eigenvalue weighted by Crippen LogP contribution is -2.24. The van der Waals surface area contributed by atoms with E-state index in [2.05, 4.69) is 24.1 Å². The zero-order valence-corrected chi connectivity index (χ0v) is 10.3. The molecule has 1 aromatic rings. The van der Waals surface area contributed by atoms with Gasteiger partial charge in [-0.15, -0.1) is 0 Å². The minimum atomic E-state index is 0.561. The van der Waals surface area contributed by atoms with E-state index in [1.807, 2.05) is 19.1 Å². The third kappa shape index (κ3) is 2.13. The predicted molar refractivity (Wildman–Crippen MR) is 68.4 cm³/mol. The number of rotatable bonds is 2. The van der Waals surface area contributed by atoms with Crippen LogP contribution in [0.25, 0.3) is 0 Å². The fourth-order valence-corrected chi connectivity index (χ4v) is 2.41. The second kappa shape index (κ2) is 4.32. The molecule has 0 bridgehead atoms. The van der Waals surface area contributed by atoms with Gasteiger partial charge < -0.3 is 11.1 Å². The summed E-state index contributed by atoms with van der Waals surface area (Å²) in [6.45, 7) is 6.59. The molecule has 1 aliphatic rings. The highest BCUT2D eigenvalue weighted by molar-refractivity contribution is 5.49. The Morgan fingerprint density at radius 1 is 1.31 bits per heavy atom. The molecule has 2 rings (SSSR count). The Labute approximate surface area is 97.5 Å². The van der Waals surface area contributed by atoms with Crippen molar-refractivity contribution in [1.82, 2.24) is 4.98 Å². The lowest BCUT2D eigenvalue weighted by atomic mass is 9.98. The molecule has 3 atom stereocenters. The average molecular weight is 219 g/mol. The van der Waals surface area contributed by atoms with Crippen LogP contribution in [-0.2, 0) is 0 Å². The normalized spacial score (nSPS) is 29.3. The highest BCUT2D eigenvalue weighted by Gasteiger charge is 2.29. The van der Waals surface area contributed by atoms with Gasteiger partial charge in [0.15, 0.2) is 0 Å². The maximum absolute atomic E-state index is 5.76. The van der Waals surface area contributed by atoms with Gasteiger partial charge in [0.05, 0.1) is 11.4 Å². The molecule has 1 aromatic heterocycles. The summed E-state index contributed by atoms with van der Waals surface area (Å²) >= 11 is 0. The van der Waals surface area contributed by atoms with Gasteiger partial charge in [0.2, 0.25) is 0 Å². The van der Waals surface area contributed by atoms with Crippen molar-refractivity contribution in [2.24, 2.45) is 11.8 Å². The lowest BCUT2D eigenvalue weighted by Gasteiger charge is -2.20. The number of pyridine rings is 1. The first-order valence-electron chi connectivity index (χ1n) is 6.07. The number of hydrogen-bond donors (Lipinski definition) is 2. The van der Waals surface area contributed by atoms with Crippen molar-refractivity contribution in [3.05, 3.63) is 17.8 Å². The average Bonchev–Trinajstić information content (AvgIpc) is 2.55. The highest BCUT2D eigenvalue weighted by atomic mass is 15.0. The Morgan fingerprint density at radius 2 is 2.06 bits per heavy atom. The Hall–Kier alpha value is -1.25. The van der Waals surface area contributed by atoms with Crippen molar-refractivity contribution in [2.45, 2.75) is 39.7 Å². The number of aryl methyl sites for hydroxylation is 1. The van der Waals surface area contributed by atoms with E-state index < -0.39 is 0 Å². The van der Waals surface area contributed by atoms with Crippen LogP contribution >= 0.6 is 0 Å². The van der Waals surface area contributed by atoms with Gasteiger partial charge in [-0.2, -0.15) is 0 Å². The summed E-state index contributed by atoms with van der Waals surface area (Å²) in [5, 5.41) is 3.52. The van der Waals surface area contributed by atoms with Crippen molar-refractivity contribution in [1.29, 1.82) is 0 Å². The number of hydrogen-bond acceptors (Lipinski definition) is 3. The van der Waals surface area contributed by atoms with E-state index in [-0.39, 0.29) is 0 Å². The molecule has 1 heterocycles. The molecule has 0 aromatic carbocycles. The molecular weight excluding hydrogens is 198 g/mol. The lowest BCUT2D eigenvalue weighted by molar-refractivity contribution is 0.435. The molecule has 1 fully saturated rings. The topological polar surface area (TPSA) is 50.9 Å². The summed E-state index contributed by atoms with van der Waals surface area (Å²) in [5.74, 6) is 2.49. The van der Waals surface area contributed by atoms with E-state index in [4.69, 9.17) is 5.73 Å². The van der Waals surface area contributed by atoms with Crippen LogP contribution in [-0.4, -0.2) is 11.0 Å². The molecule has 1 saturated carbocycles. The molecule has 3 nitrogen and oxygen atoms in total. The number of nitrogens with one attached hydrogen (secondary N) is 1. The van der Waals surface area contributed by atoms with Gasteiger partial charge in [-0.3, -0.25) is 0 Å². The van der Waals surface area contributed by atoms with Crippen LogP contribution in [0, 0.1) is 18.8 Å². The Kier molecular flexibility index (Phi) is 3.03. The Balaban J connectivity index is 2.07. The van der Waals surface area contributed by atoms with Crippen molar-refractivity contribution in [3.8, 4) is 0 Å². The van der Waals surface area contributed by atoms with Gasteiger partial charge in [-0.25, -0.2) is 4.98 Å². The molecule has 0 aliphatic heterocycles. The first-order valence-corrected chi connectivity index (χ1v) is 6.07. The fraction of sp³-hybridized carbons (Fsp3) is 0.615. The molecule has 3 heteroatoms. The van der Waals surface area contributed by atoms with E-state index in [0.717, 1.165) is 29.0 Å². The molecule has 0 saturated heterocycles. The first kappa shape index (κ1) is 11.2.